The summed E-state index contributed by atoms with van der Waals surface area (Å²) in [4.78, 5) is 11.1. The highest BCUT2D eigenvalue weighted by molar-refractivity contribution is 6.30. The number of nitrogens with one attached hydrogen (secondary N) is 1. The first-order valence-electron chi connectivity index (χ1n) is 7.01. The fraction of sp³-hybridized carbons (Fsp3) is 0.571. The molecule has 0 spiro atoms. The second-order valence-corrected chi connectivity index (χ2v) is 6.15. The van der Waals surface area contributed by atoms with E-state index in [1.54, 1.807) is 0 Å². The highest BCUT2D eigenvalue weighted by Crippen LogP contribution is 2.35. The van der Waals surface area contributed by atoms with Gasteiger partial charge in [-0.3, -0.25) is 0 Å². The van der Waals surface area contributed by atoms with Crippen LogP contribution in [-0.2, 0) is 0 Å². The maximum absolute atomic E-state index is 13.9. The molecule has 1 aliphatic carbocycles. The summed E-state index contributed by atoms with van der Waals surface area (Å²) >= 11 is 5.67. The normalized spacial score (nSPS) is 25.0. The molecule has 2 heterocycles. The number of halogens is 2. The van der Waals surface area contributed by atoms with Gasteiger partial charge in [-0.05, 0) is 24.7 Å². The number of nitrogens with zero attached hydrogens (tertiary/aromatic N) is 2. The van der Waals surface area contributed by atoms with Gasteiger partial charge in [0.25, 0.3) is 0 Å². The predicted octanol–water partition coefficient (Wildman–Crippen LogP) is 3.58. The van der Waals surface area contributed by atoms with Crippen LogP contribution in [0.15, 0.2) is 6.20 Å². The van der Waals surface area contributed by atoms with Gasteiger partial charge in [0, 0.05) is 0 Å². The smallest absolute Gasteiger partial charge is 0.188 e. The first kappa shape index (κ1) is 13.8. The lowest BCUT2D eigenvalue weighted by Gasteiger charge is -2.29. The summed E-state index contributed by atoms with van der Waals surface area (Å²) < 4.78 is 13.9. The van der Waals surface area contributed by atoms with Crippen LogP contribution in [-0.4, -0.2) is 15.0 Å². The molecule has 2 aromatic rings. The van der Waals surface area contributed by atoms with E-state index in [9.17, 15) is 4.39 Å². The number of hydrogen-bond acceptors (Lipinski definition) is 3. The van der Waals surface area contributed by atoms with E-state index in [0.29, 0.717) is 17.3 Å². The first-order chi connectivity index (χ1) is 9.56. The molecule has 2 aromatic heterocycles. The number of hydrogen-bond donors (Lipinski definition) is 2. The van der Waals surface area contributed by atoms with Crippen molar-refractivity contribution in [1.82, 2.24) is 15.0 Å². The summed E-state index contributed by atoms with van der Waals surface area (Å²) in [5.41, 5.74) is 7.06. The summed E-state index contributed by atoms with van der Waals surface area (Å²) in [6.45, 7) is 2.27. The Morgan fingerprint density at radius 3 is 2.80 bits per heavy atom. The average Bonchev–Trinajstić information content (AvgIpc) is 2.88. The van der Waals surface area contributed by atoms with Gasteiger partial charge in [0.1, 0.15) is 11.3 Å². The summed E-state index contributed by atoms with van der Waals surface area (Å²) in [6, 6.07) is -0.187. The molecule has 0 amide bonds. The topological polar surface area (TPSA) is 67.6 Å². The Bertz CT molecular complexity index is 619. The van der Waals surface area contributed by atoms with Crippen molar-refractivity contribution in [2.45, 2.75) is 38.6 Å². The number of H-pyrrole nitrogens is 1. The number of aromatic amines is 1. The molecular formula is C14H18ClFN4. The van der Waals surface area contributed by atoms with E-state index in [-0.39, 0.29) is 16.7 Å². The van der Waals surface area contributed by atoms with Gasteiger partial charge in [0.15, 0.2) is 11.0 Å². The lowest BCUT2D eigenvalue weighted by Crippen LogP contribution is -2.26. The van der Waals surface area contributed by atoms with E-state index < -0.39 is 5.82 Å². The lowest BCUT2D eigenvalue weighted by molar-refractivity contribution is 0.252. The third kappa shape index (κ3) is 2.40. The molecule has 4 nitrogen and oxygen atoms in total. The maximum Gasteiger partial charge on any atom is 0.188 e. The standard InChI is InChI=1S/C14H18ClFN4/c1-7-2-4-8(5-3-7)11(17)14-19-9-6-18-13(15)10(16)12(9)20-14/h6-8,11H,2-5,17H2,1H3,(H,19,20). The van der Waals surface area contributed by atoms with Crippen LogP contribution in [0.5, 0.6) is 0 Å². The Hall–Kier alpha value is -1.20. The largest absolute Gasteiger partial charge is 0.339 e. The molecule has 108 valence electrons. The highest BCUT2D eigenvalue weighted by Gasteiger charge is 2.27. The van der Waals surface area contributed by atoms with Gasteiger partial charge in [0.05, 0.1) is 17.8 Å². The van der Waals surface area contributed by atoms with Crippen molar-refractivity contribution >= 4 is 22.6 Å². The van der Waals surface area contributed by atoms with Gasteiger partial charge in [-0.2, -0.15) is 0 Å². The van der Waals surface area contributed by atoms with Crippen molar-refractivity contribution in [1.29, 1.82) is 0 Å². The highest BCUT2D eigenvalue weighted by atomic mass is 35.5. The number of imidazole rings is 1. The third-order valence-electron chi connectivity index (χ3n) is 4.33. The fourth-order valence-corrected chi connectivity index (χ4v) is 3.11. The van der Waals surface area contributed by atoms with Crippen LogP contribution < -0.4 is 5.73 Å². The van der Waals surface area contributed by atoms with E-state index in [4.69, 9.17) is 17.3 Å². The number of aromatic nitrogens is 3. The minimum atomic E-state index is -0.587. The Morgan fingerprint density at radius 2 is 2.10 bits per heavy atom. The second-order valence-electron chi connectivity index (χ2n) is 5.79. The van der Waals surface area contributed by atoms with Crippen LogP contribution in [0, 0.1) is 17.7 Å². The monoisotopic (exact) mass is 296 g/mol. The molecule has 0 bridgehead atoms. The molecule has 0 aliphatic heterocycles. The summed E-state index contributed by atoms with van der Waals surface area (Å²) in [5.74, 6) is 1.21. The lowest BCUT2D eigenvalue weighted by atomic mass is 9.79. The molecule has 0 radical (unpaired) electrons. The van der Waals surface area contributed by atoms with Crippen LogP contribution >= 0.6 is 11.6 Å². The molecule has 6 heteroatoms. The van der Waals surface area contributed by atoms with Crippen molar-refractivity contribution in [3.8, 4) is 0 Å². The average molecular weight is 297 g/mol. The Morgan fingerprint density at radius 1 is 1.40 bits per heavy atom. The van der Waals surface area contributed by atoms with Gasteiger partial charge < -0.3 is 10.7 Å². The molecule has 0 aromatic carbocycles. The zero-order chi connectivity index (χ0) is 14.3. The fourth-order valence-electron chi connectivity index (χ4n) is 2.97. The number of rotatable bonds is 2. The predicted molar refractivity (Wildman–Crippen MR) is 76.9 cm³/mol. The van der Waals surface area contributed by atoms with Crippen molar-refractivity contribution in [2.75, 3.05) is 0 Å². The van der Waals surface area contributed by atoms with Gasteiger partial charge in [-0.15, -0.1) is 0 Å². The third-order valence-corrected chi connectivity index (χ3v) is 4.59. The summed E-state index contributed by atoms with van der Waals surface area (Å²) in [5, 5.41) is -0.157. The number of pyridine rings is 1. The first-order valence-corrected chi connectivity index (χ1v) is 7.39. The van der Waals surface area contributed by atoms with E-state index in [1.165, 1.54) is 19.0 Å². The van der Waals surface area contributed by atoms with Gasteiger partial charge in [-0.25, -0.2) is 14.4 Å². The molecule has 1 fully saturated rings. The molecule has 3 rings (SSSR count). The van der Waals surface area contributed by atoms with E-state index in [0.717, 1.165) is 18.8 Å². The SMILES string of the molecule is CC1CCC(C(N)c2nc3c(F)c(Cl)ncc3[nH]2)CC1. The number of fused-ring (bicyclic) bond motifs is 1. The molecule has 20 heavy (non-hydrogen) atoms. The van der Waals surface area contributed by atoms with Crippen LogP contribution in [0.25, 0.3) is 11.0 Å². The summed E-state index contributed by atoms with van der Waals surface area (Å²) in [6.07, 6.45) is 6.08. The maximum atomic E-state index is 13.9. The van der Waals surface area contributed by atoms with Crippen LogP contribution in [0.2, 0.25) is 5.15 Å². The van der Waals surface area contributed by atoms with E-state index in [1.807, 2.05) is 0 Å². The molecule has 1 aliphatic rings. The molecule has 1 atom stereocenters. The van der Waals surface area contributed by atoms with Crippen LogP contribution in [0.1, 0.15) is 44.5 Å². The second kappa shape index (κ2) is 5.30. The Labute approximate surface area is 121 Å². The Kier molecular flexibility index (Phi) is 3.65. The molecule has 1 saturated carbocycles. The van der Waals surface area contributed by atoms with E-state index in [2.05, 4.69) is 21.9 Å². The van der Waals surface area contributed by atoms with Crippen molar-refractivity contribution in [3.05, 3.63) is 23.0 Å². The van der Waals surface area contributed by atoms with Crippen molar-refractivity contribution in [2.24, 2.45) is 17.6 Å². The molecule has 0 saturated heterocycles. The van der Waals surface area contributed by atoms with E-state index >= 15 is 0 Å². The van der Waals surface area contributed by atoms with Crippen LogP contribution in [0.3, 0.4) is 0 Å². The zero-order valence-corrected chi connectivity index (χ0v) is 12.1. The zero-order valence-electron chi connectivity index (χ0n) is 11.4. The van der Waals surface area contributed by atoms with Gasteiger partial charge in [-0.1, -0.05) is 31.4 Å². The van der Waals surface area contributed by atoms with Crippen molar-refractivity contribution < 1.29 is 4.39 Å². The van der Waals surface area contributed by atoms with Crippen LogP contribution in [0.4, 0.5) is 4.39 Å². The van der Waals surface area contributed by atoms with Crippen molar-refractivity contribution in [3.63, 3.8) is 0 Å². The summed E-state index contributed by atoms with van der Waals surface area (Å²) in [7, 11) is 0. The van der Waals surface area contributed by atoms with Gasteiger partial charge in [0.2, 0.25) is 0 Å². The molecular weight excluding hydrogens is 279 g/mol. The minimum absolute atomic E-state index is 0.157. The van der Waals surface area contributed by atoms with Gasteiger partial charge >= 0.3 is 0 Å². The quantitative estimate of drug-likeness (QED) is 0.832. The Balaban J connectivity index is 1.88. The molecule has 3 N–H and O–H groups in total. The minimum Gasteiger partial charge on any atom is -0.339 e. The molecule has 1 unspecified atom stereocenters. The number of nitrogens with two attached hydrogens (primary N) is 1.